The summed E-state index contributed by atoms with van der Waals surface area (Å²) in [5.74, 6) is 1.31. The zero-order valence-corrected chi connectivity index (χ0v) is 21.0. The number of aromatic nitrogens is 1. The Labute approximate surface area is 217 Å². The molecule has 35 heavy (non-hydrogen) atoms. The van der Waals surface area contributed by atoms with Crippen LogP contribution in [-0.4, -0.2) is 10.5 Å². The second kappa shape index (κ2) is 10.7. The molecular formula is C29H23IN2O3. The number of carbonyl (C=O) groups excluding carboxylic acids is 1. The van der Waals surface area contributed by atoms with Crippen molar-refractivity contribution in [3.8, 4) is 11.5 Å². The second-order valence-corrected chi connectivity index (χ2v) is 9.04. The minimum atomic E-state index is -0.163. The van der Waals surface area contributed by atoms with E-state index in [4.69, 9.17) is 9.47 Å². The van der Waals surface area contributed by atoms with Gasteiger partial charge in [-0.1, -0.05) is 66.7 Å². The first kappa shape index (κ1) is 23.0. The lowest BCUT2D eigenvalue weighted by atomic mass is 10.1. The number of amides is 1. The van der Waals surface area contributed by atoms with Crippen LogP contribution in [0, 0.1) is 3.57 Å². The highest BCUT2D eigenvalue weighted by molar-refractivity contribution is 14.1. The molecule has 1 amide bonds. The average molecular weight is 574 g/mol. The van der Waals surface area contributed by atoms with Crippen molar-refractivity contribution in [3.63, 3.8) is 0 Å². The van der Waals surface area contributed by atoms with Crippen LogP contribution in [0.5, 0.6) is 11.5 Å². The number of halogens is 1. The Kier molecular flexibility index (Phi) is 6.99. The van der Waals surface area contributed by atoms with E-state index in [-0.39, 0.29) is 5.91 Å². The Balaban J connectivity index is 1.49. The van der Waals surface area contributed by atoms with Crippen LogP contribution in [0.4, 0.5) is 5.69 Å². The van der Waals surface area contributed by atoms with E-state index in [0.29, 0.717) is 30.3 Å². The summed E-state index contributed by atoms with van der Waals surface area (Å²) in [6, 6.07) is 32.8. The van der Waals surface area contributed by atoms with Crippen molar-refractivity contribution in [2.24, 2.45) is 0 Å². The number of benzene rings is 4. The number of nitrogens with zero attached hydrogens (tertiary/aromatic N) is 1. The van der Waals surface area contributed by atoms with Crippen LogP contribution in [0.25, 0.3) is 10.9 Å². The Morgan fingerprint density at radius 3 is 2.20 bits per heavy atom. The minimum absolute atomic E-state index is 0.163. The number of fused-ring (bicyclic) bond motifs is 1. The summed E-state index contributed by atoms with van der Waals surface area (Å²) in [6.07, 6.45) is 1.98. The molecule has 0 unspecified atom stereocenters. The fraction of sp³-hybridized carbons (Fsp3) is 0.0690. The standard InChI is InChI=1S/C29H23IN2O3/c30-27-24-16-17-32(20-35-23-14-8-3-9-15-23)28(24)26(34-19-21-10-4-1-5-11-21)18-25(27)31-29(33)22-12-6-2-7-13-22/h1-18H,19-20H2,(H,31,33). The van der Waals surface area contributed by atoms with Gasteiger partial charge in [-0.15, -0.1) is 0 Å². The smallest absolute Gasteiger partial charge is 0.255 e. The van der Waals surface area contributed by atoms with E-state index >= 15 is 0 Å². The first-order valence-corrected chi connectivity index (χ1v) is 12.3. The summed E-state index contributed by atoms with van der Waals surface area (Å²) in [5, 5.41) is 4.04. The summed E-state index contributed by atoms with van der Waals surface area (Å²) in [6.45, 7) is 0.744. The lowest BCUT2D eigenvalue weighted by molar-refractivity contribution is 0.102. The average Bonchev–Trinajstić information content (AvgIpc) is 3.34. The Morgan fingerprint density at radius 1 is 0.829 bits per heavy atom. The number of anilines is 1. The number of carbonyl (C=O) groups is 1. The van der Waals surface area contributed by atoms with Crippen LogP contribution in [0.3, 0.4) is 0 Å². The summed E-state index contributed by atoms with van der Waals surface area (Å²) in [5.41, 5.74) is 3.28. The van der Waals surface area contributed by atoms with Crippen LogP contribution < -0.4 is 14.8 Å². The van der Waals surface area contributed by atoms with E-state index in [1.54, 1.807) is 12.1 Å². The van der Waals surface area contributed by atoms with Crippen LogP contribution in [0.1, 0.15) is 15.9 Å². The topological polar surface area (TPSA) is 52.5 Å². The van der Waals surface area contributed by atoms with E-state index < -0.39 is 0 Å². The highest BCUT2D eigenvalue weighted by Gasteiger charge is 2.18. The molecule has 174 valence electrons. The first-order chi connectivity index (χ1) is 17.2. The number of ether oxygens (including phenoxy) is 2. The SMILES string of the molecule is O=C(Nc1cc(OCc2ccccc2)c2c(ccn2COc2ccccc2)c1I)c1ccccc1. The number of hydrogen-bond donors (Lipinski definition) is 1. The normalized spacial score (nSPS) is 10.8. The van der Waals surface area contributed by atoms with Crippen molar-refractivity contribution in [1.29, 1.82) is 0 Å². The van der Waals surface area contributed by atoms with E-state index in [9.17, 15) is 4.79 Å². The maximum atomic E-state index is 12.9. The maximum absolute atomic E-state index is 12.9. The molecule has 0 saturated heterocycles. The van der Waals surface area contributed by atoms with Gasteiger partial charge in [0.1, 0.15) is 18.1 Å². The summed E-state index contributed by atoms with van der Waals surface area (Å²) in [4.78, 5) is 12.9. The summed E-state index contributed by atoms with van der Waals surface area (Å²) in [7, 11) is 0. The number of rotatable bonds is 8. The quantitative estimate of drug-likeness (QED) is 0.201. The van der Waals surface area contributed by atoms with Crippen molar-refractivity contribution in [2.45, 2.75) is 13.3 Å². The highest BCUT2D eigenvalue weighted by Crippen LogP contribution is 2.37. The van der Waals surface area contributed by atoms with Gasteiger partial charge in [0.05, 0.1) is 11.2 Å². The summed E-state index contributed by atoms with van der Waals surface area (Å²) >= 11 is 2.28. The molecule has 0 saturated carbocycles. The lowest BCUT2D eigenvalue weighted by Gasteiger charge is -2.16. The Hall–Kier alpha value is -3.78. The fourth-order valence-corrected chi connectivity index (χ4v) is 4.55. The number of hydrogen-bond acceptors (Lipinski definition) is 3. The molecule has 0 atom stereocenters. The molecule has 0 aliphatic heterocycles. The van der Waals surface area contributed by atoms with Crippen molar-refractivity contribution in [3.05, 3.63) is 124 Å². The van der Waals surface area contributed by atoms with Gasteiger partial charge in [0.15, 0.2) is 6.73 Å². The van der Waals surface area contributed by atoms with E-state index in [1.165, 1.54) is 0 Å². The fourth-order valence-electron chi connectivity index (χ4n) is 3.82. The molecule has 0 radical (unpaired) electrons. The minimum Gasteiger partial charge on any atom is -0.487 e. The number of nitrogens with one attached hydrogen (secondary N) is 1. The Bertz CT molecular complexity index is 1440. The number of para-hydroxylation sites is 1. The third-order valence-corrected chi connectivity index (χ3v) is 6.74. The first-order valence-electron chi connectivity index (χ1n) is 11.2. The third kappa shape index (κ3) is 5.33. The molecule has 5 aromatic rings. The van der Waals surface area contributed by atoms with Gasteiger partial charge in [-0.2, -0.15) is 0 Å². The molecule has 4 aromatic carbocycles. The molecule has 6 heteroatoms. The van der Waals surface area contributed by atoms with Gasteiger partial charge in [-0.3, -0.25) is 4.79 Å². The maximum Gasteiger partial charge on any atom is 0.255 e. The molecular weight excluding hydrogens is 551 g/mol. The molecule has 0 bridgehead atoms. The van der Waals surface area contributed by atoms with Gasteiger partial charge in [0.25, 0.3) is 5.91 Å². The molecule has 1 heterocycles. The predicted octanol–water partition coefficient (Wildman–Crippen LogP) is 7.11. The van der Waals surface area contributed by atoms with Crippen molar-refractivity contribution in [2.75, 3.05) is 5.32 Å². The Morgan fingerprint density at radius 2 is 1.49 bits per heavy atom. The van der Waals surface area contributed by atoms with E-state index in [2.05, 4.69) is 27.9 Å². The van der Waals surface area contributed by atoms with E-state index in [0.717, 1.165) is 25.8 Å². The van der Waals surface area contributed by atoms with Crippen LogP contribution in [-0.2, 0) is 13.3 Å². The van der Waals surface area contributed by atoms with E-state index in [1.807, 2.05) is 102 Å². The molecule has 0 fully saturated rings. The van der Waals surface area contributed by atoms with Gasteiger partial charge in [0.2, 0.25) is 0 Å². The molecule has 1 aromatic heterocycles. The van der Waals surface area contributed by atoms with Crippen LogP contribution in [0.2, 0.25) is 0 Å². The monoisotopic (exact) mass is 574 g/mol. The van der Waals surface area contributed by atoms with Crippen LogP contribution in [0.15, 0.2) is 109 Å². The molecule has 0 spiro atoms. The third-order valence-electron chi connectivity index (χ3n) is 5.58. The molecule has 1 N–H and O–H groups in total. The predicted molar refractivity (Wildman–Crippen MR) is 147 cm³/mol. The zero-order chi connectivity index (χ0) is 24.0. The largest absolute Gasteiger partial charge is 0.487 e. The van der Waals surface area contributed by atoms with Crippen molar-refractivity contribution >= 4 is 45.1 Å². The van der Waals surface area contributed by atoms with Crippen molar-refractivity contribution in [1.82, 2.24) is 4.57 Å². The summed E-state index contributed by atoms with van der Waals surface area (Å²) < 4.78 is 15.3. The van der Waals surface area contributed by atoms with Gasteiger partial charge in [0, 0.05) is 26.8 Å². The molecule has 0 aliphatic rings. The van der Waals surface area contributed by atoms with Gasteiger partial charge < -0.3 is 19.4 Å². The molecule has 5 rings (SSSR count). The zero-order valence-electron chi connectivity index (χ0n) is 18.9. The van der Waals surface area contributed by atoms with Crippen molar-refractivity contribution < 1.29 is 14.3 Å². The van der Waals surface area contributed by atoms with Gasteiger partial charge >= 0.3 is 0 Å². The van der Waals surface area contributed by atoms with Gasteiger partial charge in [-0.05, 0) is 58.5 Å². The highest BCUT2D eigenvalue weighted by atomic mass is 127. The van der Waals surface area contributed by atoms with Crippen LogP contribution >= 0.6 is 22.6 Å². The lowest BCUT2D eigenvalue weighted by Crippen LogP contribution is -2.13. The second-order valence-electron chi connectivity index (χ2n) is 7.96. The van der Waals surface area contributed by atoms with Gasteiger partial charge in [-0.25, -0.2) is 0 Å². The molecule has 0 aliphatic carbocycles. The molecule has 5 nitrogen and oxygen atoms in total.